The Labute approximate surface area is 122 Å². The van der Waals surface area contributed by atoms with Crippen molar-refractivity contribution in [2.24, 2.45) is 0 Å². The maximum absolute atomic E-state index is 12.2. The molecule has 3 N–H and O–H groups in total. The van der Waals surface area contributed by atoms with E-state index in [-0.39, 0.29) is 5.91 Å². The van der Waals surface area contributed by atoms with Gasteiger partial charge >= 0.3 is 0 Å². The van der Waals surface area contributed by atoms with E-state index < -0.39 is 0 Å². The van der Waals surface area contributed by atoms with E-state index in [1.54, 1.807) is 18.0 Å². The Morgan fingerprint density at radius 2 is 1.95 bits per heavy atom. The molecule has 5 nitrogen and oxygen atoms in total. The van der Waals surface area contributed by atoms with Crippen molar-refractivity contribution in [1.29, 1.82) is 0 Å². The summed E-state index contributed by atoms with van der Waals surface area (Å²) in [6.45, 7) is 0.530. The molecule has 0 radical (unpaired) electrons. The number of nitrogens with one attached hydrogen (secondary N) is 1. The topological polar surface area (TPSA) is 75.0 Å². The first-order chi connectivity index (χ1) is 10.1. The molecule has 0 aliphatic heterocycles. The number of anilines is 1. The zero-order valence-electron chi connectivity index (χ0n) is 11.7. The van der Waals surface area contributed by atoms with E-state index in [0.717, 1.165) is 5.56 Å². The molecule has 106 valence electrons. The number of carbonyl (C=O) groups is 1. The average molecular weight is 280 g/mol. The number of benzene rings is 2. The molecule has 0 spiro atoms. The summed E-state index contributed by atoms with van der Waals surface area (Å²) in [6, 6.07) is 15.9. The van der Waals surface area contributed by atoms with Gasteiger partial charge < -0.3 is 10.6 Å². The minimum atomic E-state index is -0.132. The van der Waals surface area contributed by atoms with Crippen molar-refractivity contribution in [2.45, 2.75) is 6.54 Å². The van der Waals surface area contributed by atoms with Crippen molar-refractivity contribution in [3.63, 3.8) is 0 Å². The molecule has 0 saturated heterocycles. The SMILES string of the molecule is CN(Cc1ccc2ccccc2c1)C(=O)c1cc(N)n[nH]1. The monoisotopic (exact) mass is 280 g/mol. The predicted molar refractivity (Wildman–Crippen MR) is 82.7 cm³/mol. The highest BCUT2D eigenvalue weighted by atomic mass is 16.2. The maximum Gasteiger partial charge on any atom is 0.271 e. The lowest BCUT2D eigenvalue weighted by atomic mass is 10.1. The molecule has 0 aliphatic carbocycles. The van der Waals surface area contributed by atoms with Crippen molar-refractivity contribution < 1.29 is 4.79 Å². The Bertz CT molecular complexity index is 794. The summed E-state index contributed by atoms with van der Waals surface area (Å²) in [5.41, 5.74) is 7.00. The van der Waals surface area contributed by atoms with Gasteiger partial charge in [0, 0.05) is 19.7 Å². The highest BCUT2D eigenvalue weighted by Crippen LogP contribution is 2.17. The standard InChI is InChI=1S/C16H16N4O/c1-20(16(21)14-9-15(17)19-18-14)10-11-6-7-12-4-2-3-5-13(12)8-11/h2-9H,10H2,1H3,(H3,17,18,19). The molecule has 5 heteroatoms. The van der Waals surface area contributed by atoms with Crippen molar-refractivity contribution in [1.82, 2.24) is 15.1 Å². The highest BCUT2D eigenvalue weighted by molar-refractivity contribution is 5.92. The molecular weight excluding hydrogens is 264 g/mol. The zero-order chi connectivity index (χ0) is 14.8. The van der Waals surface area contributed by atoms with Crippen LogP contribution in [-0.4, -0.2) is 28.1 Å². The third-order valence-electron chi connectivity index (χ3n) is 3.41. The van der Waals surface area contributed by atoms with Crippen molar-refractivity contribution in [3.8, 4) is 0 Å². The van der Waals surface area contributed by atoms with Crippen LogP contribution in [0.3, 0.4) is 0 Å². The summed E-state index contributed by atoms with van der Waals surface area (Å²) in [7, 11) is 1.76. The molecule has 0 bridgehead atoms. The lowest BCUT2D eigenvalue weighted by molar-refractivity contribution is 0.0779. The third kappa shape index (κ3) is 2.72. The second kappa shape index (κ2) is 5.28. The number of hydrogen-bond donors (Lipinski definition) is 2. The highest BCUT2D eigenvalue weighted by Gasteiger charge is 2.14. The molecule has 0 fully saturated rings. The Kier molecular flexibility index (Phi) is 3.31. The van der Waals surface area contributed by atoms with Crippen LogP contribution in [0.25, 0.3) is 10.8 Å². The van der Waals surface area contributed by atoms with Gasteiger partial charge in [-0.15, -0.1) is 0 Å². The second-order valence-corrected chi connectivity index (χ2v) is 5.05. The van der Waals surface area contributed by atoms with Gasteiger partial charge in [-0.1, -0.05) is 36.4 Å². The fraction of sp³-hybridized carbons (Fsp3) is 0.125. The molecule has 1 heterocycles. The number of aromatic nitrogens is 2. The number of carbonyl (C=O) groups excluding carboxylic acids is 1. The summed E-state index contributed by atoms with van der Waals surface area (Å²) < 4.78 is 0. The van der Waals surface area contributed by atoms with Crippen molar-refractivity contribution >= 4 is 22.5 Å². The lowest BCUT2D eigenvalue weighted by Gasteiger charge is -2.16. The van der Waals surface area contributed by atoms with Gasteiger partial charge in [0.15, 0.2) is 0 Å². The fourth-order valence-corrected chi connectivity index (χ4v) is 2.34. The van der Waals surface area contributed by atoms with Crippen LogP contribution in [0.5, 0.6) is 0 Å². The van der Waals surface area contributed by atoms with E-state index in [1.165, 1.54) is 10.8 Å². The van der Waals surface area contributed by atoms with Crippen LogP contribution in [0.15, 0.2) is 48.5 Å². The Hall–Kier alpha value is -2.82. The Morgan fingerprint density at radius 1 is 1.19 bits per heavy atom. The first kappa shape index (κ1) is 13.2. The molecule has 2 aromatic carbocycles. The van der Waals surface area contributed by atoms with Crippen LogP contribution >= 0.6 is 0 Å². The molecular formula is C16H16N4O. The first-order valence-electron chi connectivity index (χ1n) is 6.67. The quantitative estimate of drug-likeness (QED) is 0.773. The van der Waals surface area contributed by atoms with Crippen LogP contribution in [-0.2, 0) is 6.54 Å². The molecule has 3 rings (SSSR count). The van der Waals surface area contributed by atoms with Crippen LogP contribution < -0.4 is 5.73 Å². The van der Waals surface area contributed by atoms with Crippen molar-refractivity contribution in [2.75, 3.05) is 12.8 Å². The van der Waals surface area contributed by atoms with Gasteiger partial charge in [0.25, 0.3) is 5.91 Å². The summed E-state index contributed by atoms with van der Waals surface area (Å²) in [5.74, 6) is 0.185. The summed E-state index contributed by atoms with van der Waals surface area (Å²) in [6.07, 6.45) is 0. The number of rotatable bonds is 3. The molecule has 0 atom stereocenters. The third-order valence-corrected chi connectivity index (χ3v) is 3.41. The molecule has 0 aliphatic rings. The molecule has 0 unspecified atom stereocenters. The van der Waals surface area contributed by atoms with E-state index in [2.05, 4.69) is 34.5 Å². The molecule has 21 heavy (non-hydrogen) atoms. The van der Waals surface area contributed by atoms with Gasteiger partial charge in [0.2, 0.25) is 0 Å². The van der Waals surface area contributed by atoms with Gasteiger partial charge in [0.1, 0.15) is 11.5 Å². The summed E-state index contributed by atoms with van der Waals surface area (Å²) in [4.78, 5) is 13.9. The largest absolute Gasteiger partial charge is 0.382 e. The van der Waals surface area contributed by atoms with Gasteiger partial charge in [-0.3, -0.25) is 9.89 Å². The molecule has 1 aromatic heterocycles. The van der Waals surface area contributed by atoms with Crippen LogP contribution in [0.1, 0.15) is 16.1 Å². The number of nitrogen functional groups attached to an aromatic ring is 1. The van der Waals surface area contributed by atoms with Gasteiger partial charge in [-0.25, -0.2) is 0 Å². The summed E-state index contributed by atoms with van der Waals surface area (Å²) in [5, 5.41) is 8.77. The number of H-pyrrole nitrogens is 1. The number of amides is 1. The van der Waals surface area contributed by atoms with Crippen molar-refractivity contribution in [3.05, 3.63) is 59.8 Å². The van der Waals surface area contributed by atoms with E-state index in [9.17, 15) is 4.79 Å². The number of aromatic amines is 1. The van der Waals surface area contributed by atoms with Crippen LogP contribution in [0.4, 0.5) is 5.82 Å². The molecule has 1 amide bonds. The number of nitrogens with zero attached hydrogens (tertiary/aromatic N) is 2. The van der Waals surface area contributed by atoms with Crippen LogP contribution in [0, 0.1) is 0 Å². The zero-order valence-corrected chi connectivity index (χ0v) is 11.7. The van der Waals surface area contributed by atoms with Gasteiger partial charge in [-0.2, -0.15) is 5.10 Å². The normalized spacial score (nSPS) is 10.7. The van der Waals surface area contributed by atoms with E-state index in [0.29, 0.717) is 18.1 Å². The van der Waals surface area contributed by atoms with Gasteiger partial charge in [0.05, 0.1) is 0 Å². The van der Waals surface area contributed by atoms with E-state index >= 15 is 0 Å². The van der Waals surface area contributed by atoms with Crippen LogP contribution in [0.2, 0.25) is 0 Å². The fourth-order valence-electron chi connectivity index (χ4n) is 2.34. The summed E-state index contributed by atoms with van der Waals surface area (Å²) >= 11 is 0. The Balaban J connectivity index is 1.79. The maximum atomic E-state index is 12.2. The number of fused-ring (bicyclic) bond motifs is 1. The van der Waals surface area contributed by atoms with E-state index in [1.807, 2.05) is 18.2 Å². The van der Waals surface area contributed by atoms with E-state index in [4.69, 9.17) is 5.73 Å². The number of nitrogens with two attached hydrogens (primary N) is 1. The molecule has 3 aromatic rings. The van der Waals surface area contributed by atoms with Gasteiger partial charge in [-0.05, 0) is 22.4 Å². The average Bonchev–Trinajstić information content (AvgIpc) is 2.93. The lowest BCUT2D eigenvalue weighted by Crippen LogP contribution is -2.26. The predicted octanol–water partition coefficient (Wildman–Crippen LogP) is 2.42. The minimum Gasteiger partial charge on any atom is -0.382 e. The molecule has 0 saturated carbocycles. The smallest absolute Gasteiger partial charge is 0.271 e. The second-order valence-electron chi connectivity index (χ2n) is 5.05. The first-order valence-corrected chi connectivity index (χ1v) is 6.67. The Morgan fingerprint density at radius 3 is 2.67 bits per heavy atom. The minimum absolute atomic E-state index is 0.132. The number of hydrogen-bond acceptors (Lipinski definition) is 3.